The van der Waals surface area contributed by atoms with Crippen molar-refractivity contribution in [1.82, 2.24) is 10.2 Å². The van der Waals surface area contributed by atoms with Gasteiger partial charge in [0.25, 0.3) is 0 Å². The second-order valence-corrected chi connectivity index (χ2v) is 5.07. The molecule has 1 aromatic rings. The Balaban J connectivity index is 2.10. The highest BCUT2D eigenvalue weighted by atomic mass is 19.4. The molecule has 0 aliphatic carbocycles. The number of halogens is 3. The lowest BCUT2D eigenvalue weighted by Gasteiger charge is -2.14. The predicted molar refractivity (Wildman–Crippen MR) is 74.4 cm³/mol. The first kappa shape index (κ1) is 16.6. The average molecular weight is 326 g/mol. The zero-order valence-electron chi connectivity index (χ0n) is 12.1. The first-order valence-electron chi connectivity index (χ1n) is 6.66. The summed E-state index contributed by atoms with van der Waals surface area (Å²) in [6, 6.07) is 2.83. The van der Waals surface area contributed by atoms with Gasteiger partial charge in [-0.1, -0.05) is 0 Å². The molecule has 1 aliphatic heterocycles. The van der Waals surface area contributed by atoms with Crippen molar-refractivity contribution >= 4 is 17.6 Å². The van der Waals surface area contributed by atoms with E-state index in [1.54, 1.807) is 7.05 Å². The number of alkyl halides is 3. The van der Waals surface area contributed by atoms with Gasteiger partial charge in [0.1, 0.15) is 6.04 Å². The Morgan fingerprint density at radius 3 is 2.65 bits per heavy atom. The van der Waals surface area contributed by atoms with E-state index in [0.717, 1.165) is 6.07 Å². The normalized spacial score (nSPS) is 17.8. The summed E-state index contributed by atoms with van der Waals surface area (Å²) in [5.74, 6) is -0.254. The Labute approximate surface area is 129 Å². The SMILES string of the molecule is CN1CCC(NC(=O)Nc2ccc(C#N)c(C(F)(F)F)c2)C1=O. The first-order chi connectivity index (χ1) is 10.7. The molecule has 0 aromatic heterocycles. The minimum atomic E-state index is -4.71. The highest BCUT2D eigenvalue weighted by molar-refractivity contribution is 5.94. The van der Waals surface area contributed by atoms with Gasteiger partial charge < -0.3 is 15.5 Å². The molecule has 9 heteroatoms. The van der Waals surface area contributed by atoms with Gasteiger partial charge in [-0.2, -0.15) is 18.4 Å². The van der Waals surface area contributed by atoms with Crippen LogP contribution in [0.4, 0.5) is 23.7 Å². The number of nitrogens with one attached hydrogen (secondary N) is 2. The van der Waals surface area contributed by atoms with E-state index < -0.39 is 29.4 Å². The van der Waals surface area contributed by atoms with Gasteiger partial charge in [-0.25, -0.2) is 4.79 Å². The summed E-state index contributed by atoms with van der Waals surface area (Å²) in [4.78, 5) is 24.9. The molecule has 3 amide bonds. The van der Waals surface area contributed by atoms with Gasteiger partial charge in [-0.15, -0.1) is 0 Å². The smallest absolute Gasteiger partial charge is 0.344 e. The highest BCUT2D eigenvalue weighted by Crippen LogP contribution is 2.33. The molecular weight excluding hydrogens is 313 g/mol. The van der Waals surface area contributed by atoms with Crippen LogP contribution in [-0.4, -0.2) is 36.5 Å². The van der Waals surface area contributed by atoms with Crippen LogP contribution in [0, 0.1) is 11.3 Å². The van der Waals surface area contributed by atoms with Crippen LogP contribution in [0.15, 0.2) is 18.2 Å². The van der Waals surface area contributed by atoms with Gasteiger partial charge >= 0.3 is 12.2 Å². The van der Waals surface area contributed by atoms with Crippen LogP contribution in [0.3, 0.4) is 0 Å². The summed E-state index contributed by atoms with van der Waals surface area (Å²) >= 11 is 0. The standard InChI is InChI=1S/C14H13F3N4O2/c1-21-5-4-11(12(21)22)20-13(23)19-9-3-2-8(7-18)10(6-9)14(15,16)17/h2-3,6,11H,4-5H2,1H3,(H2,19,20,23). The Morgan fingerprint density at radius 1 is 1.43 bits per heavy atom. The van der Waals surface area contributed by atoms with Crippen LogP contribution in [0.25, 0.3) is 0 Å². The second kappa shape index (κ2) is 6.16. The fourth-order valence-corrected chi connectivity index (χ4v) is 2.24. The minimum Gasteiger partial charge on any atom is -0.344 e. The van der Waals surface area contributed by atoms with E-state index in [0.29, 0.717) is 19.0 Å². The topological polar surface area (TPSA) is 85.2 Å². The maximum atomic E-state index is 12.8. The number of rotatable bonds is 2. The van der Waals surface area contributed by atoms with Gasteiger partial charge in [0, 0.05) is 19.3 Å². The molecule has 1 heterocycles. The molecular formula is C14H13F3N4O2. The molecule has 1 aliphatic rings. The van der Waals surface area contributed by atoms with Gasteiger partial charge in [-0.05, 0) is 24.6 Å². The maximum absolute atomic E-state index is 12.8. The molecule has 122 valence electrons. The number of anilines is 1. The van der Waals surface area contributed by atoms with Crippen LogP contribution in [0.2, 0.25) is 0 Å². The molecule has 0 spiro atoms. The van der Waals surface area contributed by atoms with E-state index in [9.17, 15) is 22.8 Å². The molecule has 1 atom stereocenters. The summed E-state index contributed by atoms with van der Waals surface area (Å²) < 4.78 is 38.5. The Bertz CT molecular complexity index is 682. The van der Waals surface area contributed by atoms with Crippen LogP contribution < -0.4 is 10.6 Å². The van der Waals surface area contributed by atoms with Crippen molar-refractivity contribution < 1.29 is 22.8 Å². The number of hydrogen-bond acceptors (Lipinski definition) is 3. The van der Waals surface area contributed by atoms with E-state index in [2.05, 4.69) is 10.6 Å². The van der Waals surface area contributed by atoms with Crippen molar-refractivity contribution in [2.75, 3.05) is 18.9 Å². The predicted octanol–water partition coefficient (Wildman–Crippen LogP) is 1.93. The molecule has 1 fully saturated rings. The molecule has 6 nitrogen and oxygen atoms in total. The fourth-order valence-electron chi connectivity index (χ4n) is 2.24. The van der Waals surface area contributed by atoms with Crippen LogP contribution in [-0.2, 0) is 11.0 Å². The van der Waals surface area contributed by atoms with Crippen molar-refractivity contribution in [2.45, 2.75) is 18.6 Å². The summed E-state index contributed by atoms with van der Waals surface area (Å²) in [6.45, 7) is 0.499. The quantitative estimate of drug-likeness (QED) is 0.871. The summed E-state index contributed by atoms with van der Waals surface area (Å²) in [7, 11) is 1.60. The number of nitriles is 1. The number of benzene rings is 1. The van der Waals surface area contributed by atoms with Crippen molar-refractivity contribution in [3.63, 3.8) is 0 Å². The molecule has 2 rings (SSSR count). The number of carbonyl (C=O) groups excluding carboxylic acids is 2. The zero-order chi connectivity index (χ0) is 17.2. The van der Waals surface area contributed by atoms with E-state index in [-0.39, 0.29) is 11.6 Å². The second-order valence-electron chi connectivity index (χ2n) is 5.07. The van der Waals surface area contributed by atoms with Crippen molar-refractivity contribution in [2.24, 2.45) is 0 Å². The maximum Gasteiger partial charge on any atom is 0.417 e. The molecule has 0 bridgehead atoms. The monoisotopic (exact) mass is 326 g/mol. The fraction of sp³-hybridized carbons (Fsp3) is 0.357. The number of likely N-dealkylation sites (N-methyl/N-ethyl adjacent to an activating group) is 1. The van der Waals surface area contributed by atoms with Crippen molar-refractivity contribution in [3.8, 4) is 6.07 Å². The third-order valence-corrected chi connectivity index (χ3v) is 3.44. The number of hydrogen-bond donors (Lipinski definition) is 2. The Hall–Kier alpha value is -2.76. The number of nitrogens with zero attached hydrogens (tertiary/aromatic N) is 2. The molecule has 1 unspecified atom stereocenters. The summed E-state index contributed by atoms with van der Waals surface area (Å²) in [5.41, 5.74) is -1.78. The van der Waals surface area contributed by atoms with Crippen LogP contribution in [0.5, 0.6) is 0 Å². The highest BCUT2D eigenvalue weighted by Gasteiger charge is 2.34. The molecule has 2 N–H and O–H groups in total. The number of carbonyl (C=O) groups is 2. The van der Waals surface area contributed by atoms with Gasteiger partial charge in [0.2, 0.25) is 5.91 Å². The average Bonchev–Trinajstić information content (AvgIpc) is 2.78. The van der Waals surface area contributed by atoms with Crippen molar-refractivity contribution in [1.29, 1.82) is 5.26 Å². The molecule has 1 saturated heterocycles. The van der Waals surface area contributed by atoms with E-state index >= 15 is 0 Å². The Kier molecular flexibility index (Phi) is 4.45. The Morgan fingerprint density at radius 2 is 2.13 bits per heavy atom. The zero-order valence-corrected chi connectivity index (χ0v) is 12.1. The van der Waals surface area contributed by atoms with E-state index in [1.807, 2.05) is 0 Å². The largest absolute Gasteiger partial charge is 0.417 e. The molecule has 0 radical (unpaired) electrons. The third kappa shape index (κ3) is 3.71. The van der Waals surface area contributed by atoms with Gasteiger partial charge in [-0.3, -0.25) is 4.79 Å². The summed E-state index contributed by atoms with van der Waals surface area (Å²) in [6.07, 6.45) is -4.27. The van der Waals surface area contributed by atoms with Gasteiger partial charge in [0.05, 0.1) is 17.2 Å². The van der Waals surface area contributed by atoms with Gasteiger partial charge in [0.15, 0.2) is 0 Å². The van der Waals surface area contributed by atoms with Crippen LogP contribution in [0.1, 0.15) is 17.5 Å². The number of amides is 3. The van der Waals surface area contributed by atoms with E-state index in [1.165, 1.54) is 17.0 Å². The lowest BCUT2D eigenvalue weighted by Crippen LogP contribution is -2.42. The van der Waals surface area contributed by atoms with Crippen LogP contribution >= 0.6 is 0 Å². The molecule has 1 aromatic carbocycles. The van der Waals surface area contributed by atoms with E-state index in [4.69, 9.17) is 5.26 Å². The first-order valence-corrected chi connectivity index (χ1v) is 6.66. The number of likely N-dealkylation sites (tertiary alicyclic amines) is 1. The molecule has 23 heavy (non-hydrogen) atoms. The van der Waals surface area contributed by atoms with Crippen molar-refractivity contribution in [3.05, 3.63) is 29.3 Å². The minimum absolute atomic E-state index is 0.118. The number of urea groups is 1. The lowest BCUT2D eigenvalue weighted by molar-refractivity contribution is -0.137. The third-order valence-electron chi connectivity index (χ3n) is 3.44. The molecule has 0 saturated carbocycles. The lowest BCUT2D eigenvalue weighted by atomic mass is 10.1. The summed E-state index contributed by atoms with van der Waals surface area (Å²) in [5, 5.41) is 13.4.